The summed E-state index contributed by atoms with van der Waals surface area (Å²) < 4.78 is 3.60. The van der Waals surface area contributed by atoms with E-state index in [0.717, 1.165) is 60.2 Å². The number of fused-ring (bicyclic) bond motifs is 1. The van der Waals surface area contributed by atoms with Crippen LogP contribution in [0.3, 0.4) is 0 Å². The number of piperidine rings is 1. The van der Waals surface area contributed by atoms with Gasteiger partial charge in [0.05, 0.1) is 17.3 Å². The van der Waals surface area contributed by atoms with Gasteiger partial charge in [0.2, 0.25) is 5.91 Å². The number of para-hydroxylation sites is 1. The van der Waals surface area contributed by atoms with Gasteiger partial charge in [-0.1, -0.05) is 32.0 Å². The molecule has 2 aromatic heterocycles. The van der Waals surface area contributed by atoms with Gasteiger partial charge in [-0.25, -0.2) is 0 Å². The van der Waals surface area contributed by atoms with Crippen molar-refractivity contribution in [3.05, 3.63) is 58.3 Å². The zero-order chi connectivity index (χ0) is 24.9. The first-order valence-electron chi connectivity index (χ1n) is 13.0. The molecule has 1 aliphatic heterocycles. The Hall–Kier alpha value is -2.93. The molecule has 4 rings (SSSR count). The van der Waals surface area contributed by atoms with Crippen LogP contribution in [-0.4, -0.2) is 51.3 Å². The van der Waals surface area contributed by atoms with Crippen molar-refractivity contribution in [2.24, 2.45) is 11.8 Å². The second-order valence-electron chi connectivity index (χ2n) is 10.3. The molecule has 1 saturated heterocycles. The number of benzene rings is 1. The van der Waals surface area contributed by atoms with Crippen LogP contribution in [0.4, 0.5) is 0 Å². The Bertz CT molecular complexity index is 1200. The molecule has 0 radical (unpaired) electrons. The van der Waals surface area contributed by atoms with Crippen LogP contribution in [0.25, 0.3) is 16.5 Å². The van der Waals surface area contributed by atoms with Crippen LogP contribution >= 0.6 is 0 Å². The van der Waals surface area contributed by atoms with Crippen LogP contribution in [0, 0.1) is 25.7 Å². The molecule has 0 spiro atoms. The molecule has 188 valence electrons. The highest BCUT2D eigenvalue weighted by Gasteiger charge is 2.21. The third-order valence-electron chi connectivity index (χ3n) is 7.24. The van der Waals surface area contributed by atoms with E-state index in [1.807, 2.05) is 44.2 Å². The van der Waals surface area contributed by atoms with Crippen molar-refractivity contribution in [1.82, 2.24) is 24.6 Å². The van der Waals surface area contributed by atoms with E-state index in [9.17, 15) is 9.59 Å². The van der Waals surface area contributed by atoms with Gasteiger partial charge < -0.3 is 14.8 Å². The molecular formula is C28H39N5O2. The third kappa shape index (κ3) is 5.84. The van der Waals surface area contributed by atoms with Crippen molar-refractivity contribution in [3.8, 4) is 5.69 Å². The Morgan fingerprint density at radius 2 is 1.74 bits per heavy atom. The van der Waals surface area contributed by atoms with Crippen LogP contribution in [0.2, 0.25) is 0 Å². The fraction of sp³-hybridized carbons (Fsp3) is 0.536. The van der Waals surface area contributed by atoms with Crippen molar-refractivity contribution in [2.45, 2.75) is 59.9 Å². The van der Waals surface area contributed by atoms with E-state index in [1.165, 1.54) is 24.2 Å². The van der Waals surface area contributed by atoms with Crippen molar-refractivity contribution < 1.29 is 4.79 Å². The van der Waals surface area contributed by atoms with Crippen LogP contribution in [0.1, 0.15) is 50.9 Å². The second kappa shape index (κ2) is 11.2. The van der Waals surface area contributed by atoms with Crippen LogP contribution in [-0.2, 0) is 11.3 Å². The Morgan fingerprint density at radius 3 is 2.46 bits per heavy atom. The summed E-state index contributed by atoms with van der Waals surface area (Å²) in [5.41, 5.74) is 2.60. The fourth-order valence-electron chi connectivity index (χ4n) is 5.69. The molecule has 0 aliphatic carbocycles. The number of aryl methyl sites for hydroxylation is 2. The minimum Gasteiger partial charge on any atom is -0.356 e. The molecule has 0 unspecified atom stereocenters. The Morgan fingerprint density at radius 1 is 1.03 bits per heavy atom. The van der Waals surface area contributed by atoms with Gasteiger partial charge in [0.1, 0.15) is 0 Å². The van der Waals surface area contributed by atoms with Crippen molar-refractivity contribution in [2.75, 3.05) is 26.2 Å². The van der Waals surface area contributed by atoms with Gasteiger partial charge in [-0.2, -0.15) is 9.78 Å². The quantitative estimate of drug-likeness (QED) is 0.472. The molecule has 2 atom stereocenters. The van der Waals surface area contributed by atoms with E-state index < -0.39 is 0 Å². The monoisotopic (exact) mass is 477 g/mol. The van der Waals surface area contributed by atoms with Gasteiger partial charge in [-0.3, -0.25) is 9.59 Å². The molecular weight excluding hydrogens is 438 g/mol. The molecule has 0 saturated carbocycles. The lowest BCUT2D eigenvalue weighted by molar-refractivity contribution is -0.121. The maximum absolute atomic E-state index is 13.2. The van der Waals surface area contributed by atoms with E-state index >= 15 is 0 Å². The van der Waals surface area contributed by atoms with Crippen molar-refractivity contribution in [3.63, 3.8) is 0 Å². The molecule has 1 amide bonds. The maximum Gasteiger partial charge on any atom is 0.281 e. The number of nitrogens with one attached hydrogen (secondary N) is 1. The number of aromatic nitrogens is 3. The van der Waals surface area contributed by atoms with Crippen LogP contribution in [0.15, 0.2) is 41.3 Å². The standard InChI is InChI=1S/C28H39N5O2/c1-20-16-21(2)19-31(18-20)14-9-13-29-26(34)12-8-15-32-22(3)25-17-30-33(24-10-6-5-7-11-24)28(35)27(25)23(32)4/h5-7,10-11,17,20-21H,8-9,12-16,18-19H2,1-4H3,(H,29,34)/t20-,21+. The highest BCUT2D eigenvalue weighted by atomic mass is 16.1. The lowest BCUT2D eigenvalue weighted by atomic mass is 9.92. The van der Waals surface area contributed by atoms with Crippen LogP contribution < -0.4 is 10.9 Å². The minimum absolute atomic E-state index is 0.102. The average Bonchev–Trinajstić information content (AvgIpc) is 3.07. The first-order valence-corrected chi connectivity index (χ1v) is 13.0. The topological polar surface area (TPSA) is 72.2 Å². The molecule has 0 bridgehead atoms. The Labute approximate surface area is 208 Å². The number of amides is 1. The first kappa shape index (κ1) is 25.2. The Kier molecular flexibility index (Phi) is 8.06. The molecule has 7 nitrogen and oxygen atoms in total. The maximum atomic E-state index is 13.2. The Balaban J connectivity index is 1.30. The van der Waals surface area contributed by atoms with Gasteiger partial charge in [0.15, 0.2) is 0 Å². The summed E-state index contributed by atoms with van der Waals surface area (Å²) in [6.07, 6.45) is 5.31. The largest absolute Gasteiger partial charge is 0.356 e. The smallest absolute Gasteiger partial charge is 0.281 e. The number of carbonyl (C=O) groups excluding carboxylic acids is 1. The number of rotatable bonds is 9. The van der Waals surface area contributed by atoms with E-state index in [4.69, 9.17) is 0 Å². The molecule has 1 fully saturated rings. The summed E-state index contributed by atoms with van der Waals surface area (Å²) >= 11 is 0. The molecule has 7 heteroatoms. The fourth-order valence-corrected chi connectivity index (χ4v) is 5.69. The number of carbonyl (C=O) groups is 1. The zero-order valence-corrected chi connectivity index (χ0v) is 21.6. The second-order valence-corrected chi connectivity index (χ2v) is 10.3. The highest BCUT2D eigenvalue weighted by Crippen LogP contribution is 2.23. The number of hydrogen-bond acceptors (Lipinski definition) is 4. The van der Waals surface area contributed by atoms with Gasteiger partial charge in [0.25, 0.3) is 5.56 Å². The summed E-state index contributed by atoms with van der Waals surface area (Å²) in [5.74, 6) is 1.63. The summed E-state index contributed by atoms with van der Waals surface area (Å²) in [6, 6.07) is 9.48. The molecule has 3 aromatic rings. The normalized spacial score (nSPS) is 18.7. The minimum atomic E-state index is -0.108. The summed E-state index contributed by atoms with van der Waals surface area (Å²) in [6.45, 7) is 13.5. The van der Waals surface area contributed by atoms with E-state index in [-0.39, 0.29) is 11.5 Å². The summed E-state index contributed by atoms with van der Waals surface area (Å²) in [4.78, 5) is 28.1. The van der Waals surface area contributed by atoms with Gasteiger partial charge in [-0.15, -0.1) is 0 Å². The lowest BCUT2D eigenvalue weighted by Crippen LogP contribution is -2.40. The molecule has 35 heavy (non-hydrogen) atoms. The van der Waals surface area contributed by atoms with Crippen molar-refractivity contribution >= 4 is 16.7 Å². The van der Waals surface area contributed by atoms with Gasteiger partial charge in [-0.05, 0) is 63.6 Å². The number of likely N-dealkylation sites (tertiary alicyclic amines) is 1. The van der Waals surface area contributed by atoms with Gasteiger partial charge >= 0.3 is 0 Å². The average molecular weight is 478 g/mol. The van der Waals surface area contributed by atoms with Gasteiger partial charge in [0, 0.05) is 49.4 Å². The molecule has 1 aliphatic rings. The van der Waals surface area contributed by atoms with Crippen LogP contribution in [0.5, 0.6) is 0 Å². The van der Waals surface area contributed by atoms with Crippen molar-refractivity contribution in [1.29, 1.82) is 0 Å². The highest BCUT2D eigenvalue weighted by molar-refractivity contribution is 5.87. The zero-order valence-electron chi connectivity index (χ0n) is 21.6. The van der Waals surface area contributed by atoms with E-state index in [1.54, 1.807) is 6.20 Å². The first-order chi connectivity index (χ1) is 16.8. The number of nitrogens with zero attached hydrogens (tertiary/aromatic N) is 4. The molecule has 1 aromatic carbocycles. The predicted molar refractivity (Wildman–Crippen MR) is 141 cm³/mol. The summed E-state index contributed by atoms with van der Waals surface area (Å²) in [5, 5.41) is 9.07. The third-order valence-corrected chi connectivity index (χ3v) is 7.24. The lowest BCUT2D eigenvalue weighted by Gasteiger charge is -2.34. The molecule has 3 heterocycles. The number of hydrogen-bond donors (Lipinski definition) is 1. The SMILES string of the molecule is Cc1c2cnn(-c3ccccc3)c(=O)c2c(C)n1CCCC(=O)NCCCN1C[C@H](C)C[C@H](C)C1. The summed E-state index contributed by atoms with van der Waals surface area (Å²) in [7, 11) is 0. The molecule has 1 N–H and O–H groups in total. The van der Waals surface area contributed by atoms with E-state index in [0.29, 0.717) is 18.4 Å². The van der Waals surface area contributed by atoms with E-state index in [2.05, 4.69) is 33.7 Å². The predicted octanol–water partition coefficient (Wildman–Crippen LogP) is 4.07.